The van der Waals surface area contributed by atoms with Gasteiger partial charge in [0.2, 0.25) is 0 Å². The second-order valence-corrected chi connectivity index (χ2v) is 7.96. The van der Waals surface area contributed by atoms with Crippen molar-refractivity contribution in [1.82, 2.24) is 4.90 Å². The molecule has 0 bridgehead atoms. The molecule has 0 aliphatic carbocycles. The predicted molar refractivity (Wildman–Crippen MR) is 109 cm³/mol. The molecular formula is C19H24Cl2N2S. The van der Waals surface area contributed by atoms with E-state index in [-0.39, 0.29) is 17.8 Å². The standard InChI is InChI=1S/C19H23ClN2S.ClH/c1-14(20)15-9-10-17-19(13-15)23-18-8-5-4-7-16(18)22(17)12-6-11-21(2)3;/h4-5,7-10,13-14H,6,11-12H2,1-3H3;1H. The SMILES string of the molecule is CC(Cl)c1ccc2c(c1)Sc1ccccc1N2CCCN(C)C.Cl. The molecule has 1 aliphatic rings. The summed E-state index contributed by atoms with van der Waals surface area (Å²) in [6, 6.07) is 15.3. The zero-order chi connectivity index (χ0) is 16.4. The van der Waals surface area contributed by atoms with E-state index in [0.29, 0.717) is 0 Å². The molecule has 5 heteroatoms. The highest BCUT2D eigenvalue weighted by Gasteiger charge is 2.23. The Labute approximate surface area is 160 Å². The van der Waals surface area contributed by atoms with Crippen LogP contribution in [0.15, 0.2) is 52.3 Å². The smallest absolute Gasteiger partial charge is 0.0557 e. The van der Waals surface area contributed by atoms with E-state index in [9.17, 15) is 0 Å². The van der Waals surface area contributed by atoms with E-state index in [4.69, 9.17) is 11.6 Å². The van der Waals surface area contributed by atoms with Crippen molar-refractivity contribution in [2.45, 2.75) is 28.5 Å². The zero-order valence-corrected chi connectivity index (χ0v) is 16.7. The molecule has 1 unspecified atom stereocenters. The summed E-state index contributed by atoms with van der Waals surface area (Å²) in [7, 11) is 4.25. The third-order valence-electron chi connectivity index (χ3n) is 4.10. The van der Waals surface area contributed by atoms with Crippen LogP contribution in [0.4, 0.5) is 11.4 Å². The lowest BCUT2D eigenvalue weighted by Gasteiger charge is -2.33. The van der Waals surface area contributed by atoms with Crippen molar-refractivity contribution in [1.29, 1.82) is 0 Å². The normalized spacial score (nSPS) is 14.0. The molecule has 0 saturated heterocycles. The van der Waals surface area contributed by atoms with E-state index in [0.717, 1.165) is 19.5 Å². The van der Waals surface area contributed by atoms with Crippen molar-refractivity contribution in [3.05, 3.63) is 48.0 Å². The quantitative estimate of drug-likeness (QED) is 0.588. The Morgan fingerprint density at radius 3 is 2.50 bits per heavy atom. The van der Waals surface area contributed by atoms with Gasteiger partial charge in [-0.1, -0.05) is 30.0 Å². The third-order valence-corrected chi connectivity index (χ3v) is 5.46. The third kappa shape index (κ3) is 4.20. The highest BCUT2D eigenvalue weighted by Crippen LogP contribution is 2.48. The fourth-order valence-electron chi connectivity index (χ4n) is 2.88. The van der Waals surface area contributed by atoms with Gasteiger partial charge in [0.25, 0.3) is 0 Å². The number of para-hydroxylation sites is 1. The first kappa shape index (κ1) is 19.5. The summed E-state index contributed by atoms with van der Waals surface area (Å²) in [5, 5.41) is 0.0419. The fourth-order valence-corrected chi connectivity index (χ4v) is 4.16. The monoisotopic (exact) mass is 382 g/mol. The number of halogens is 2. The van der Waals surface area contributed by atoms with Crippen LogP contribution in [0.1, 0.15) is 24.3 Å². The van der Waals surface area contributed by atoms with E-state index < -0.39 is 0 Å². The van der Waals surface area contributed by atoms with Crippen LogP contribution in [0.2, 0.25) is 0 Å². The van der Waals surface area contributed by atoms with E-state index in [1.165, 1.54) is 26.7 Å². The number of alkyl halides is 1. The average molecular weight is 383 g/mol. The van der Waals surface area contributed by atoms with Gasteiger partial charge in [0.15, 0.2) is 0 Å². The van der Waals surface area contributed by atoms with Crippen LogP contribution >= 0.6 is 35.8 Å². The maximum Gasteiger partial charge on any atom is 0.0557 e. The van der Waals surface area contributed by atoms with Crippen molar-refractivity contribution in [2.75, 3.05) is 32.1 Å². The molecule has 0 saturated carbocycles. The molecule has 3 rings (SSSR count). The summed E-state index contributed by atoms with van der Waals surface area (Å²) in [5.41, 5.74) is 3.80. The molecule has 2 aromatic rings. The number of hydrogen-bond acceptors (Lipinski definition) is 3. The van der Waals surface area contributed by atoms with E-state index in [2.05, 4.69) is 66.4 Å². The lowest BCUT2D eigenvalue weighted by atomic mass is 10.1. The Morgan fingerprint density at radius 2 is 1.79 bits per heavy atom. The fraction of sp³-hybridized carbons (Fsp3) is 0.368. The van der Waals surface area contributed by atoms with E-state index in [1.807, 2.05) is 18.7 Å². The van der Waals surface area contributed by atoms with Crippen LogP contribution in [0.25, 0.3) is 0 Å². The number of hydrogen-bond donors (Lipinski definition) is 0. The van der Waals surface area contributed by atoms with Gasteiger partial charge in [-0.2, -0.15) is 0 Å². The maximum absolute atomic E-state index is 6.27. The molecule has 130 valence electrons. The first-order chi connectivity index (χ1) is 11.1. The highest BCUT2D eigenvalue weighted by atomic mass is 35.5. The van der Waals surface area contributed by atoms with Crippen LogP contribution in [-0.2, 0) is 0 Å². The summed E-state index contributed by atoms with van der Waals surface area (Å²) < 4.78 is 0. The number of fused-ring (bicyclic) bond motifs is 2. The number of nitrogens with zero attached hydrogens (tertiary/aromatic N) is 2. The van der Waals surface area contributed by atoms with Gasteiger partial charge in [0.05, 0.1) is 16.8 Å². The molecule has 1 atom stereocenters. The minimum absolute atomic E-state index is 0. The van der Waals surface area contributed by atoms with Gasteiger partial charge in [-0.05, 0) is 63.8 Å². The molecule has 1 aliphatic heterocycles. The largest absolute Gasteiger partial charge is 0.340 e. The van der Waals surface area contributed by atoms with Gasteiger partial charge in [-0.3, -0.25) is 0 Å². The number of anilines is 2. The summed E-state index contributed by atoms with van der Waals surface area (Å²) in [5.74, 6) is 0. The first-order valence-corrected chi connectivity index (χ1v) is 9.28. The Kier molecular flexibility index (Phi) is 6.88. The maximum atomic E-state index is 6.27. The second kappa shape index (κ2) is 8.48. The van der Waals surface area contributed by atoms with Gasteiger partial charge in [-0.15, -0.1) is 24.0 Å². The minimum Gasteiger partial charge on any atom is -0.340 e. The van der Waals surface area contributed by atoms with Gasteiger partial charge >= 0.3 is 0 Å². The van der Waals surface area contributed by atoms with Crippen molar-refractivity contribution < 1.29 is 0 Å². The molecule has 0 fully saturated rings. The number of rotatable bonds is 5. The molecule has 0 aromatic heterocycles. The van der Waals surface area contributed by atoms with Crippen LogP contribution in [-0.4, -0.2) is 32.1 Å². The zero-order valence-electron chi connectivity index (χ0n) is 14.3. The molecule has 24 heavy (non-hydrogen) atoms. The average Bonchev–Trinajstić information content (AvgIpc) is 2.53. The summed E-state index contributed by atoms with van der Waals surface area (Å²) in [6.07, 6.45) is 1.14. The van der Waals surface area contributed by atoms with E-state index >= 15 is 0 Å². The first-order valence-electron chi connectivity index (χ1n) is 8.03. The molecule has 2 nitrogen and oxygen atoms in total. The molecule has 0 spiro atoms. The molecule has 0 N–H and O–H groups in total. The summed E-state index contributed by atoms with van der Waals surface area (Å²) in [6.45, 7) is 4.15. The van der Waals surface area contributed by atoms with Crippen LogP contribution in [0, 0.1) is 0 Å². The molecule has 2 aromatic carbocycles. The summed E-state index contributed by atoms with van der Waals surface area (Å²) in [4.78, 5) is 7.32. The van der Waals surface area contributed by atoms with Gasteiger partial charge in [0.1, 0.15) is 0 Å². The van der Waals surface area contributed by atoms with Gasteiger partial charge in [-0.25, -0.2) is 0 Å². The van der Waals surface area contributed by atoms with Crippen molar-refractivity contribution in [3.8, 4) is 0 Å². The van der Waals surface area contributed by atoms with Crippen molar-refractivity contribution in [3.63, 3.8) is 0 Å². The second-order valence-electron chi connectivity index (χ2n) is 6.22. The molecular weight excluding hydrogens is 359 g/mol. The Hall–Kier alpha value is -0.870. The highest BCUT2D eigenvalue weighted by molar-refractivity contribution is 7.99. The molecule has 0 radical (unpaired) electrons. The predicted octanol–water partition coefficient (Wildman–Crippen LogP) is 5.96. The topological polar surface area (TPSA) is 6.48 Å². The van der Waals surface area contributed by atoms with Gasteiger partial charge in [0, 0.05) is 16.3 Å². The number of benzene rings is 2. The Morgan fingerprint density at radius 1 is 1.08 bits per heavy atom. The van der Waals surface area contributed by atoms with Gasteiger partial charge < -0.3 is 9.80 Å². The Balaban J connectivity index is 0.00000208. The minimum atomic E-state index is 0. The molecule has 0 amide bonds. The van der Waals surface area contributed by atoms with Crippen LogP contribution < -0.4 is 4.90 Å². The van der Waals surface area contributed by atoms with E-state index in [1.54, 1.807) is 0 Å². The van der Waals surface area contributed by atoms with Crippen LogP contribution in [0.5, 0.6) is 0 Å². The lowest BCUT2D eigenvalue weighted by molar-refractivity contribution is 0.402. The lowest BCUT2D eigenvalue weighted by Crippen LogP contribution is -2.25. The van der Waals surface area contributed by atoms with Crippen LogP contribution in [0.3, 0.4) is 0 Å². The van der Waals surface area contributed by atoms with Crippen molar-refractivity contribution >= 4 is 47.1 Å². The molecule has 1 heterocycles. The summed E-state index contributed by atoms with van der Waals surface area (Å²) >= 11 is 8.12. The van der Waals surface area contributed by atoms with Crippen molar-refractivity contribution in [2.24, 2.45) is 0 Å². The Bertz CT molecular complexity index is 689.